The van der Waals surface area contributed by atoms with Gasteiger partial charge in [0.25, 0.3) is 0 Å². The van der Waals surface area contributed by atoms with Crippen molar-refractivity contribution in [3.05, 3.63) is 165 Å². The average molecular weight is 2160 g/mol. The maximum absolute atomic E-state index is 13.9. The number of rotatable bonds is 20. The summed E-state index contributed by atoms with van der Waals surface area (Å²) in [6.45, 7) is 32.8. The lowest BCUT2D eigenvalue weighted by Crippen LogP contribution is -2.49. The van der Waals surface area contributed by atoms with E-state index in [9.17, 15) is 65.1 Å². The molecule has 125 heavy (non-hydrogen) atoms. The van der Waals surface area contributed by atoms with Crippen molar-refractivity contribution in [1.29, 1.82) is 0 Å². The van der Waals surface area contributed by atoms with E-state index in [2.05, 4.69) is 122 Å². The van der Waals surface area contributed by atoms with E-state index in [0.717, 1.165) is 25.3 Å². The van der Waals surface area contributed by atoms with Crippen molar-refractivity contribution in [2.24, 2.45) is 11.7 Å². The van der Waals surface area contributed by atoms with Gasteiger partial charge < -0.3 is 101 Å². The lowest BCUT2D eigenvalue weighted by Gasteiger charge is -2.26. The molecule has 0 unspecified atom stereocenters. The fraction of sp³-hybridized carbons (Fsp3) is 0.471. The second kappa shape index (κ2) is 53.0. The minimum Gasteiger partial charge on any atom is -0.491 e. The van der Waals surface area contributed by atoms with Crippen molar-refractivity contribution in [3.63, 3.8) is 0 Å². The molecular formula is C85H115Br6F5N10O19. The van der Waals surface area contributed by atoms with Crippen molar-refractivity contribution in [2.75, 3.05) is 91.9 Å². The highest BCUT2D eigenvalue weighted by atomic mass is 79.9. The third-order valence-corrected chi connectivity index (χ3v) is 18.0. The molecule has 0 radical (unpaired) electrons. The van der Waals surface area contributed by atoms with Crippen LogP contribution in [0, 0.1) is 35.0 Å². The number of fused-ring (bicyclic) bond motifs is 1. The Labute approximate surface area is 777 Å². The smallest absolute Gasteiger partial charge is 0.408 e. The van der Waals surface area contributed by atoms with Crippen molar-refractivity contribution in [1.82, 2.24) is 16.0 Å². The predicted octanol–water partition coefficient (Wildman–Crippen LogP) is 17.7. The van der Waals surface area contributed by atoms with Gasteiger partial charge in [-0.05, 0) is 234 Å². The van der Waals surface area contributed by atoms with Gasteiger partial charge in [-0.25, -0.2) is 41.1 Å². The van der Waals surface area contributed by atoms with Gasteiger partial charge in [0.15, 0.2) is 6.04 Å². The number of likely N-dealkylation sites (N-methyl/N-ethyl adjacent to an activating group) is 1. The van der Waals surface area contributed by atoms with Crippen LogP contribution in [0.3, 0.4) is 0 Å². The molecule has 1 heterocycles. The molecule has 5 atom stereocenters. The number of carboxylic acid groups (broad SMARTS) is 1. The number of ether oxygens (including phenoxy) is 7. The summed E-state index contributed by atoms with van der Waals surface area (Å²) < 4.78 is 109. The zero-order valence-corrected chi connectivity index (χ0v) is 83.3. The number of amides is 8. The van der Waals surface area contributed by atoms with Crippen LogP contribution in [0.1, 0.15) is 138 Å². The molecule has 696 valence electrons. The van der Waals surface area contributed by atoms with E-state index in [1.165, 1.54) is 97.9 Å². The largest absolute Gasteiger partial charge is 0.491 e. The van der Waals surface area contributed by atoms with Gasteiger partial charge in [-0.15, -0.1) is 0 Å². The summed E-state index contributed by atoms with van der Waals surface area (Å²) in [6, 6.07) is 22.8. The number of carbonyl (C=O) groups excluding carboxylic acids is 8. The third-order valence-electron chi connectivity index (χ3n) is 15.0. The van der Waals surface area contributed by atoms with E-state index in [0.29, 0.717) is 30.9 Å². The Hall–Kier alpha value is -8.16. The molecular weight excluding hydrogens is 2040 g/mol. The van der Waals surface area contributed by atoms with E-state index >= 15 is 0 Å². The molecule has 40 heteroatoms. The zero-order chi connectivity index (χ0) is 96.4. The Morgan fingerprint density at radius 3 is 1.13 bits per heavy atom. The summed E-state index contributed by atoms with van der Waals surface area (Å²) >= 11 is 19.4. The number of benzene rings is 6. The number of aliphatic hydroxyl groups excluding tert-OH is 2. The monoisotopic (exact) mass is 2150 g/mol. The van der Waals surface area contributed by atoms with Crippen LogP contribution in [0.5, 0.6) is 5.75 Å². The summed E-state index contributed by atoms with van der Waals surface area (Å²) in [6.07, 6.45) is -1.86. The number of nitrogens with two attached hydrogens (primary N) is 2. The summed E-state index contributed by atoms with van der Waals surface area (Å²) in [5.41, 5.74) is 8.27. The van der Waals surface area contributed by atoms with Crippen LogP contribution in [-0.2, 0) is 57.2 Å². The number of nitrogens with zero attached hydrogens (tertiary/aromatic N) is 3. The maximum Gasteiger partial charge on any atom is 0.408 e. The molecule has 0 saturated heterocycles. The van der Waals surface area contributed by atoms with Gasteiger partial charge in [-0.3, -0.25) is 24.0 Å². The molecule has 6 aromatic carbocycles. The van der Waals surface area contributed by atoms with E-state index in [1.807, 2.05) is 59.7 Å². The van der Waals surface area contributed by atoms with Gasteiger partial charge in [0, 0.05) is 48.0 Å². The first-order chi connectivity index (χ1) is 57.3. The van der Waals surface area contributed by atoms with Crippen LogP contribution in [-0.4, -0.2) is 188 Å². The molecule has 1 aliphatic heterocycles. The maximum atomic E-state index is 13.9. The van der Waals surface area contributed by atoms with Crippen LogP contribution < -0.4 is 57.5 Å². The highest BCUT2D eigenvalue weighted by molar-refractivity contribution is 9.11. The SMILES string of the molecule is CC(C)(C)OC[C@H](NC(=O)OC(C)(C)C)C(=O)Nc1cc(Br)ccc1F.CC(C)(C)OC[C@H](NC(=O)OC(C)(C)C)C(=O)Nc1cc(Br)ccc1F.CC(C)(C)OC[C@H](NC(=O)OC(C)(C)C)C(=O)O.CN(C(=O)[C@@H](N)CO)c1cc(Br)ccc1F.CN1C(=O)CCOc2ccc(Br)cc21.C[C@@H](CO)C(=O)N(C)c1cc(Br)ccc1F.Nc1cc(Br)ccc1F. The minimum atomic E-state index is -1.16. The van der Waals surface area contributed by atoms with Crippen LogP contribution in [0.2, 0.25) is 0 Å². The van der Waals surface area contributed by atoms with Crippen molar-refractivity contribution < 1.29 is 114 Å². The van der Waals surface area contributed by atoms with Gasteiger partial charge in [0.05, 0.1) is 103 Å². The Balaban J connectivity index is 0.000000744. The summed E-state index contributed by atoms with van der Waals surface area (Å²) in [5.74, 6) is -5.49. The first kappa shape index (κ1) is 115. The molecule has 0 spiro atoms. The molecule has 0 bridgehead atoms. The number of aliphatic hydroxyl groups is 2. The first-order valence-electron chi connectivity index (χ1n) is 38.2. The van der Waals surface area contributed by atoms with Crippen LogP contribution in [0.4, 0.5) is 70.5 Å². The summed E-state index contributed by atoms with van der Waals surface area (Å²) in [4.78, 5) is 110. The van der Waals surface area contributed by atoms with Gasteiger partial charge in [-0.2, -0.15) is 0 Å². The Bertz CT molecular complexity index is 4380. The van der Waals surface area contributed by atoms with E-state index < -0.39 is 136 Å². The number of nitrogens with one attached hydrogen (secondary N) is 5. The molecule has 0 aromatic heterocycles. The Morgan fingerprint density at radius 2 is 0.792 bits per heavy atom. The number of anilines is 6. The van der Waals surface area contributed by atoms with Gasteiger partial charge in [0.2, 0.25) is 29.5 Å². The van der Waals surface area contributed by atoms with Crippen LogP contribution in [0.15, 0.2) is 136 Å². The minimum absolute atomic E-state index is 0.00359. The van der Waals surface area contributed by atoms with E-state index in [-0.39, 0.29) is 72.5 Å². The molecule has 0 saturated carbocycles. The second-order valence-electron chi connectivity index (χ2n) is 33.1. The highest BCUT2D eigenvalue weighted by Gasteiger charge is 2.32. The standard InChI is InChI=1S/2C18H26BrFN2O4.C12H23NO5.C11H13BrFNO2.C10H12BrFN2O2.C10H10BrNO2.C6H5BrFN/c2*1-17(2,3)25-10-14(22-16(24)26-18(4,5)6)15(23)21-13-9-11(19)7-8-12(13)20;1-11(2,3)17-7-8(9(14)15)13-10(16)18-12(4,5)6;1-7(6-15)11(16)14(2)10-5-8(12)3-4-9(10)13;1-14(10(16)8(13)5-15)9-4-6(11)2-3-7(9)12;1-12-8-6-7(11)2-3-9(8)14-5-4-10(12)13;7-4-1-2-5(8)6(9)3-4/h2*7-9,14H,10H2,1-6H3,(H,21,23)(H,22,24);8H,7H2,1-6H3,(H,13,16)(H,14,15);3-5,7,15H,6H2,1-2H3;2-4,8,15H,5,13H2,1H3;2-3,6H,4-5H2,1H3;1-3H,9H2/t2*14-;8-;7-;8-;;/m00000../s1. The lowest BCUT2D eigenvalue weighted by molar-refractivity contribution is -0.142. The average Bonchev–Trinajstić information content (AvgIpc) is 1.68. The predicted molar refractivity (Wildman–Crippen MR) is 492 cm³/mol. The second-order valence-corrected chi connectivity index (χ2v) is 38.6. The molecule has 12 N–H and O–H groups in total. The number of carboxylic acids is 1. The number of aliphatic carboxylic acids is 1. The lowest BCUT2D eigenvalue weighted by atomic mass is 10.1. The van der Waals surface area contributed by atoms with Crippen LogP contribution in [0.25, 0.3) is 0 Å². The highest BCUT2D eigenvalue weighted by Crippen LogP contribution is 2.34. The van der Waals surface area contributed by atoms with E-state index in [4.69, 9.17) is 59.9 Å². The van der Waals surface area contributed by atoms with E-state index in [1.54, 1.807) is 114 Å². The molecule has 8 amide bonds. The topological polar surface area (TPSA) is 401 Å². The fourth-order valence-corrected chi connectivity index (χ4v) is 11.1. The first-order valence-corrected chi connectivity index (χ1v) is 43.0. The quantitative estimate of drug-likeness (QED) is 0.0193. The van der Waals surface area contributed by atoms with Gasteiger partial charge in [0.1, 0.15) is 69.8 Å². The third kappa shape index (κ3) is 48.0. The molecule has 29 nitrogen and oxygen atoms in total. The van der Waals surface area contributed by atoms with Crippen molar-refractivity contribution in [2.45, 2.75) is 196 Å². The normalized spacial score (nSPS) is 13.1. The van der Waals surface area contributed by atoms with Gasteiger partial charge >= 0.3 is 24.2 Å². The van der Waals surface area contributed by atoms with Crippen molar-refractivity contribution >= 4 is 183 Å². The number of carbonyl (C=O) groups is 9. The fourth-order valence-electron chi connectivity index (χ4n) is 8.91. The molecule has 6 aromatic rings. The molecule has 7 rings (SSSR count). The Kier molecular flexibility index (Phi) is 48.7. The Morgan fingerprint density at radius 1 is 0.472 bits per heavy atom. The molecule has 1 aliphatic rings. The number of nitrogen functional groups attached to an aromatic ring is 1. The summed E-state index contributed by atoms with van der Waals surface area (Å²) in [7, 11) is 4.66. The molecule has 0 aliphatic carbocycles. The number of hydrogen-bond donors (Lipinski definition) is 10. The number of hydrogen-bond acceptors (Lipinski definition) is 20. The van der Waals surface area contributed by atoms with Crippen molar-refractivity contribution in [3.8, 4) is 5.75 Å². The summed E-state index contributed by atoms with van der Waals surface area (Å²) in [5, 5.41) is 38.7. The van der Waals surface area contributed by atoms with Crippen LogP contribution >= 0.6 is 95.6 Å². The number of halogens is 11. The van der Waals surface area contributed by atoms with Gasteiger partial charge in [-0.1, -0.05) is 103 Å². The molecule has 0 fully saturated rings. The zero-order valence-electron chi connectivity index (χ0n) is 73.8. The number of alkyl carbamates (subject to hydrolysis) is 3.